The average Bonchev–Trinajstić information content (AvgIpc) is 2.35. The lowest BCUT2D eigenvalue weighted by Crippen LogP contribution is -2.14. The summed E-state index contributed by atoms with van der Waals surface area (Å²) < 4.78 is 4.63. The number of nitriles is 1. The molecule has 0 saturated heterocycles. The Bertz CT molecular complexity index is 415. The fourth-order valence-corrected chi connectivity index (χ4v) is 1.98. The molecular weight excluding hydrogens is 224 g/mol. The number of thioether (sulfide) groups is 1. The van der Waals surface area contributed by atoms with Gasteiger partial charge in [0.1, 0.15) is 11.8 Å². The van der Waals surface area contributed by atoms with Crippen molar-refractivity contribution in [3.8, 4) is 6.07 Å². The summed E-state index contributed by atoms with van der Waals surface area (Å²) in [5.74, 6) is 0.248. The minimum atomic E-state index is -0.220. The molecule has 84 valence electrons. The number of pyridine rings is 1. The molecule has 0 aliphatic rings. The molecule has 1 aromatic heterocycles. The summed E-state index contributed by atoms with van der Waals surface area (Å²) >= 11 is 1.51. The van der Waals surface area contributed by atoms with Gasteiger partial charge in [0.2, 0.25) is 0 Å². The number of methoxy groups -OCH3 is 1. The lowest BCUT2D eigenvalue weighted by atomic mass is 10.2. The predicted octanol–water partition coefficient (Wildman–Crippen LogP) is 1.85. The largest absolute Gasteiger partial charge is 0.469 e. The van der Waals surface area contributed by atoms with Crippen molar-refractivity contribution in [1.82, 2.24) is 4.98 Å². The van der Waals surface area contributed by atoms with Crippen molar-refractivity contribution >= 4 is 17.7 Å². The molecular formula is C11H12N2O2S. The Labute approximate surface area is 98.6 Å². The first-order chi connectivity index (χ1) is 7.67. The number of aromatic nitrogens is 1. The first-order valence-electron chi connectivity index (χ1n) is 4.74. The lowest BCUT2D eigenvalue weighted by molar-refractivity contribution is -0.143. The molecule has 0 aliphatic carbocycles. The summed E-state index contributed by atoms with van der Waals surface area (Å²) in [6.45, 7) is 1.81. The zero-order valence-corrected chi connectivity index (χ0v) is 9.95. The van der Waals surface area contributed by atoms with Gasteiger partial charge < -0.3 is 4.74 Å². The van der Waals surface area contributed by atoms with Gasteiger partial charge in [0.15, 0.2) is 0 Å². The monoisotopic (exact) mass is 236 g/mol. The van der Waals surface area contributed by atoms with Crippen LogP contribution in [0.3, 0.4) is 0 Å². The zero-order chi connectivity index (χ0) is 12.0. The molecule has 0 radical (unpaired) electrons. The third-order valence-electron chi connectivity index (χ3n) is 1.95. The van der Waals surface area contributed by atoms with Crippen LogP contribution in [-0.2, 0) is 9.53 Å². The molecule has 1 aromatic rings. The van der Waals surface area contributed by atoms with E-state index >= 15 is 0 Å². The van der Waals surface area contributed by atoms with Gasteiger partial charge in [-0.15, -0.1) is 11.8 Å². The highest BCUT2D eigenvalue weighted by Crippen LogP contribution is 2.21. The van der Waals surface area contributed by atoms with E-state index in [-0.39, 0.29) is 11.9 Å². The molecule has 1 rings (SSSR count). The van der Waals surface area contributed by atoms with Gasteiger partial charge in [-0.25, -0.2) is 4.98 Å². The first-order valence-corrected chi connectivity index (χ1v) is 5.72. The lowest BCUT2D eigenvalue weighted by Gasteiger charge is -2.08. The van der Waals surface area contributed by atoms with E-state index in [1.165, 1.54) is 18.9 Å². The molecule has 16 heavy (non-hydrogen) atoms. The van der Waals surface area contributed by atoms with Crippen LogP contribution in [0.5, 0.6) is 0 Å². The number of rotatable bonds is 4. The Balaban J connectivity index is 2.55. The van der Waals surface area contributed by atoms with Crippen LogP contribution in [0, 0.1) is 17.2 Å². The fourth-order valence-electron chi connectivity index (χ4n) is 1.05. The average molecular weight is 236 g/mol. The van der Waals surface area contributed by atoms with Crippen molar-refractivity contribution in [3.63, 3.8) is 0 Å². The van der Waals surface area contributed by atoms with Gasteiger partial charge in [-0.1, -0.05) is 6.92 Å². The highest BCUT2D eigenvalue weighted by atomic mass is 32.2. The van der Waals surface area contributed by atoms with Crippen LogP contribution in [0.1, 0.15) is 12.6 Å². The molecule has 0 bridgehead atoms. The molecule has 4 nitrogen and oxygen atoms in total. The summed E-state index contributed by atoms with van der Waals surface area (Å²) in [5, 5.41) is 8.67. The van der Waals surface area contributed by atoms with Crippen LogP contribution in [0.2, 0.25) is 0 Å². The van der Waals surface area contributed by atoms with Gasteiger partial charge in [-0.05, 0) is 12.1 Å². The quantitative estimate of drug-likeness (QED) is 0.589. The Morgan fingerprint density at radius 1 is 1.75 bits per heavy atom. The maximum Gasteiger partial charge on any atom is 0.309 e. The molecule has 0 N–H and O–H groups in total. The second-order valence-electron chi connectivity index (χ2n) is 3.22. The Hall–Kier alpha value is -1.54. The number of nitrogens with zero attached hydrogens (tertiary/aromatic N) is 2. The number of esters is 1. The van der Waals surface area contributed by atoms with E-state index in [9.17, 15) is 4.79 Å². The first kappa shape index (κ1) is 12.5. The molecule has 0 amide bonds. The van der Waals surface area contributed by atoms with Gasteiger partial charge in [-0.2, -0.15) is 5.26 Å². The number of carbonyl (C=O) groups excluding carboxylic acids is 1. The molecule has 0 fully saturated rings. The molecule has 5 heteroatoms. The van der Waals surface area contributed by atoms with E-state index in [0.29, 0.717) is 11.4 Å². The molecule has 1 unspecified atom stereocenters. The topological polar surface area (TPSA) is 63.0 Å². The molecule has 1 atom stereocenters. The van der Waals surface area contributed by atoms with Gasteiger partial charge in [0, 0.05) is 16.8 Å². The van der Waals surface area contributed by atoms with Crippen LogP contribution in [0.4, 0.5) is 0 Å². The maximum absolute atomic E-state index is 11.2. The smallest absolute Gasteiger partial charge is 0.309 e. The second kappa shape index (κ2) is 6.13. The van der Waals surface area contributed by atoms with E-state index in [4.69, 9.17) is 5.26 Å². The minimum Gasteiger partial charge on any atom is -0.469 e. The molecule has 0 aliphatic heterocycles. The standard InChI is InChI=1S/C11H12N2O2S/c1-8(11(14)15-2)7-16-10-3-4-13-9(5-10)6-12/h3-5,8H,7H2,1-2H3. The fraction of sp³-hybridized carbons (Fsp3) is 0.364. The molecule has 0 spiro atoms. The van der Waals surface area contributed by atoms with E-state index in [2.05, 4.69) is 9.72 Å². The minimum absolute atomic E-state index is 0.159. The number of hydrogen-bond donors (Lipinski definition) is 0. The summed E-state index contributed by atoms with van der Waals surface area (Å²) in [4.78, 5) is 16.0. The maximum atomic E-state index is 11.2. The predicted molar refractivity (Wildman–Crippen MR) is 60.9 cm³/mol. The SMILES string of the molecule is COC(=O)C(C)CSc1ccnc(C#N)c1. The molecule has 0 saturated carbocycles. The van der Waals surface area contributed by atoms with E-state index in [1.807, 2.05) is 19.1 Å². The van der Waals surface area contributed by atoms with E-state index in [1.54, 1.807) is 12.3 Å². The van der Waals surface area contributed by atoms with Crippen LogP contribution >= 0.6 is 11.8 Å². The Kier molecular flexibility index (Phi) is 4.80. The van der Waals surface area contributed by atoms with Crippen LogP contribution in [0.15, 0.2) is 23.2 Å². The number of hydrogen-bond acceptors (Lipinski definition) is 5. The number of ether oxygens (including phenoxy) is 1. The van der Waals surface area contributed by atoms with Gasteiger partial charge in [-0.3, -0.25) is 4.79 Å². The third kappa shape index (κ3) is 3.55. The van der Waals surface area contributed by atoms with Crippen LogP contribution < -0.4 is 0 Å². The van der Waals surface area contributed by atoms with E-state index < -0.39 is 0 Å². The van der Waals surface area contributed by atoms with Gasteiger partial charge >= 0.3 is 5.97 Å². The highest BCUT2D eigenvalue weighted by molar-refractivity contribution is 7.99. The Morgan fingerprint density at radius 2 is 2.50 bits per heavy atom. The molecule has 0 aromatic carbocycles. The summed E-state index contributed by atoms with van der Waals surface area (Å²) in [6, 6.07) is 5.49. The van der Waals surface area contributed by atoms with Crippen LogP contribution in [-0.4, -0.2) is 23.8 Å². The van der Waals surface area contributed by atoms with Crippen LogP contribution in [0.25, 0.3) is 0 Å². The Morgan fingerprint density at radius 3 is 3.12 bits per heavy atom. The van der Waals surface area contributed by atoms with E-state index in [0.717, 1.165) is 4.90 Å². The highest BCUT2D eigenvalue weighted by Gasteiger charge is 2.13. The number of carbonyl (C=O) groups is 1. The normalized spacial score (nSPS) is 11.6. The third-order valence-corrected chi connectivity index (χ3v) is 3.20. The summed E-state index contributed by atoms with van der Waals surface area (Å²) in [7, 11) is 1.38. The van der Waals surface area contributed by atoms with Crippen molar-refractivity contribution < 1.29 is 9.53 Å². The zero-order valence-electron chi connectivity index (χ0n) is 9.14. The second-order valence-corrected chi connectivity index (χ2v) is 4.32. The van der Waals surface area contributed by atoms with Crippen molar-refractivity contribution in [2.75, 3.05) is 12.9 Å². The molecule has 1 heterocycles. The van der Waals surface area contributed by atoms with Gasteiger partial charge in [0.05, 0.1) is 13.0 Å². The van der Waals surface area contributed by atoms with Crippen molar-refractivity contribution in [2.24, 2.45) is 5.92 Å². The van der Waals surface area contributed by atoms with Crippen molar-refractivity contribution in [3.05, 3.63) is 24.0 Å². The summed E-state index contributed by atoms with van der Waals surface area (Å²) in [6.07, 6.45) is 1.59. The van der Waals surface area contributed by atoms with Gasteiger partial charge in [0.25, 0.3) is 0 Å². The van der Waals surface area contributed by atoms with Crippen molar-refractivity contribution in [1.29, 1.82) is 5.26 Å². The van der Waals surface area contributed by atoms with Crippen molar-refractivity contribution in [2.45, 2.75) is 11.8 Å². The summed E-state index contributed by atoms with van der Waals surface area (Å²) in [5.41, 5.74) is 0.385.